The molecule has 0 spiro atoms. The van der Waals surface area contributed by atoms with Gasteiger partial charge in [0.1, 0.15) is 18.0 Å². The summed E-state index contributed by atoms with van der Waals surface area (Å²) in [4.78, 5) is 11.2. The van der Waals surface area contributed by atoms with Gasteiger partial charge in [0.25, 0.3) is 0 Å². The summed E-state index contributed by atoms with van der Waals surface area (Å²) in [5.41, 5.74) is 6.07. The predicted molar refractivity (Wildman–Crippen MR) is 116 cm³/mol. The molecule has 29 heavy (non-hydrogen) atoms. The van der Waals surface area contributed by atoms with Gasteiger partial charge in [-0.2, -0.15) is 0 Å². The molecule has 0 unspecified atom stereocenters. The number of nitrogens with one attached hydrogen (secondary N) is 1. The lowest BCUT2D eigenvalue weighted by molar-refractivity contribution is 0.353. The lowest BCUT2D eigenvalue weighted by Crippen LogP contribution is -2.31. The highest BCUT2D eigenvalue weighted by atomic mass is 16.5. The molecule has 0 amide bonds. The van der Waals surface area contributed by atoms with Crippen LogP contribution in [-0.4, -0.2) is 30.7 Å². The quantitative estimate of drug-likeness (QED) is 0.696. The van der Waals surface area contributed by atoms with Crippen LogP contribution in [0.5, 0.6) is 11.5 Å². The average molecular weight is 390 g/mol. The Morgan fingerprint density at radius 1 is 0.966 bits per heavy atom. The maximum absolute atomic E-state index is 5.47. The van der Waals surface area contributed by atoms with Crippen molar-refractivity contribution >= 4 is 17.3 Å². The molecule has 1 aliphatic heterocycles. The molecule has 1 N–H and O–H groups in total. The van der Waals surface area contributed by atoms with Gasteiger partial charge in [0, 0.05) is 24.8 Å². The molecule has 2 aromatic carbocycles. The number of aromatic nitrogens is 2. The van der Waals surface area contributed by atoms with Crippen LogP contribution in [0.25, 0.3) is 0 Å². The van der Waals surface area contributed by atoms with E-state index in [1.165, 1.54) is 22.3 Å². The van der Waals surface area contributed by atoms with Crippen LogP contribution in [0.4, 0.5) is 17.3 Å². The first kappa shape index (κ1) is 19.1. The molecule has 0 bridgehead atoms. The molecule has 6 nitrogen and oxygen atoms in total. The Morgan fingerprint density at radius 3 is 2.48 bits per heavy atom. The smallest absolute Gasteiger partial charge is 0.161 e. The van der Waals surface area contributed by atoms with Crippen LogP contribution in [0.3, 0.4) is 0 Å². The van der Waals surface area contributed by atoms with Crippen molar-refractivity contribution in [3.8, 4) is 11.5 Å². The molecule has 0 radical (unpaired) electrons. The van der Waals surface area contributed by atoms with Crippen LogP contribution >= 0.6 is 0 Å². The van der Waals surface area contributed by atoms with Crippen molar-refractivity contribution in [1.29, 1.82) is 0 Å². The van der Waals surface area contributed by atoms with Crippen LogP contribution in [0, 0.1) is 13.8 Å². The summed E-state index contributed by atoms with van der Waals surface area (Å²) in [5.74, 6) is 3.24. The third-order valence-corrected chi connectivity index (χ3v) is 5.56. The first-order chi connectivity index (χ1) is 14.1. The number of anilines is 3. The Kier molecular flexibility index (Phi) is 5.25. The molecule has 0 saturated heterocycles. The van der Waals surface area contributed by atoms with Crippen molar-refractivity contribution in [2.75, 3.05) is 31.0 Å². The summed E-state index contributed by atoms with van der Waals surface area (Å²) in [6.07, 6.45) is 2.55. The highest BCUT2D eigenvalue weighted by molar-refractivity contribution is 5.64. The Morgan fingerprint density at radius 2 is 1.72 bits per heavy atom. The number of aryl methyl sites for hydroxylation is 1. The number of methoxy groups -OCH3 is 2. The zero-order valence-corrected chi connectivity index (χ0v) is 17.3. The highest BCUT2D eigenvalue weighted by Gasteiger charge is 2.21. The predicted octanol–water partition coefficient (Wildman–Crippen LogP) is 4.42. The van der Waals surface area contributed by atoms with Crippen molar-refractivity contribution in [1.82, 2.24) is 9.97 Å². The average Bonchev–Trinajstić information content (AvgIpc) is 2.75. The van der Waals surface area contributed by atoms with E-state index in [-0.39, 0.29) is 0 Å². The summed E-state index contributed by atoms with van der Waals surface area (Å²) in [6, 6.07) is 12.4. The van der Waals surface area contributed by atoms with Crippen molar-refractivity contribution in [2.24, 2.45) is 0 Å². The van der Waals surface area contributed by atoms with Crippen molar-refractivity contribution in [3.05, 3.63) is 65.0 Å². The summed E-state index contributed by atoms with van der Waals surface area (Å²) < 4.78 is 10.9. The molecule has 0 aliphatic carbocycles. The van der Waals surface area contributed by atoms with Crippen molar-refractivity contribution in [2.45, 2.75) is 26.8 Å². The number of nitrogens with zero attached hydrogens (tertiary/aromatic N) is 3. The highest BCUT2D eigenvalue weighted by Crippen LogP contribution is 2.34. The summed E-state index contributed by atoms with van der Waals surface area (Å²) in [7, 11) is 3.34. The van der Waals surface area contributed by atoms with Gasteiger partial charge in [-0.25, -0.2) is 9.97 Å². The van der Waals surface area contributed by atoms with Gasteiger partial charge < -0.3 is 19.7 Å². The largest absolute Gasteiger partial charge is 0.493 e. The van der Waals surface area contributed by atoms with Crippen LogP contribution in [-0.2, 0) is 13.0 Å². The minimum Gasteiger partial charge on any atom is -0.493 e. The minimum absolute atomic E-state index is 0.757. The van der Waals surface area contributed by atoms with Gasteiger partial charge in [-0.15, -0.1) is 0 Å². The number of rotatable bonds is 5. The fourth-order valence-corrected chi connectivity index (χ4v) is 3.69. The Balaban J connectivity index is 1.57. The van der Waals surface area contributed by atoms with E-state index in [0.717, 1.165) is 48.3 Å². The van der Waals surface area contributed by atoms with E-state index in [1.807, 2.05) is 6.07 Å². The molecule has 0 atom stereocenters. The van der Waals surface area contributed by atoms with E-state index in [9.17, 15) is 0 Å². The molecule has 4 rings (SSSR count). The molecular weight excluding hydrogens is 364 g/mol. The third-order valence-electron chi connectivity index (χ3n) is 5.56. The van der Waals surface area contributed by atoms with E-state index in [1.54, 1.807) is 20.5 Å². The zero-order chi connectivity index (χ0) is 20.4. The second kappa shape index (κ2) is 7.99. The number of hydrogen-bond acceptors (Lipinski definition) is 6. The van der Waals surface area contributed by atoms with Crippen molar-refractivity contribution in [3.63, 3.8) is 0 Å². The molecule has 0 saturated carbocycles. The standard InChI is InChI=1S/C23H26N4O2/c1-15-6-5-7-19(16(15)2)26-22-12-23(25-14-24-22)27-9-8-17-10-20(28-3)21(29-4)11-18(17)13-27/h5-7,10-12,14H,8-9,13H2,1-4H3,(H,24,25,26). The van der Waals surface area contributed by atoms with Gasteiger partial charge in [-0.05, 0) is 60.7 Å². The van der Waals surface area contributed by atoms with E-state index in [0.29, 0.717) is 0 Å². The SMILES string of the molecule is COc1cc2c(cc1OC)CN(c1cc(Nc3cccc(C)c3C)ncn1)CC2. The van der Waals surface area contributed by atoms with Gasteiger partial charge in [0.15, 0.2) is 11.5 Å². The number of ether oxygens (including phenoxy) is 2. The lowest BCUT2D eigenvalue weighted by Gasteiger charge is -2.30. The molecule has 150 valence electrons. The molecule has 2 heterocycles. The van der Waals surface area contributed by atoms with E-state index < -0.39 is 0 Å². The maximum atomic E-state index is 5.47. The van der Waals surface area contributed by atoms with Crippen LogP contribution in [0.1, 0.15) is 22.3 Å². The summed E-state index contributed by atoms with van der Waals surface area (Å²) >= 11 is 0. The second-order valence-corrected chi connectivity index (χ2v) is 7.28. The Bertz CT molecular complexity index is 1040. The molecule has 1 aliphatic rings. The van der Waals surface area contributed by atoms with Gasteiger partial charge in [-0.3, -0.25) is 0 Å². The molecule has 1 aromatic heterocycles. The fourth-order valence-electron chi connectivity index (χ4n) is 3.69. The number of fused-ring (bicyclic) bond motifs is 1. The monoisotopic (exact) mass is 390 g/mol. The first-order valence-electron chi connectivity index (χ1n) is 9.73. The first-order valence-corrected chi connectivity index (χ1v) is 9.73. The minimum atomic E-state index is 0.757. The number of hydrogen-bond donors (Lipinski definition) is 1. The maximum Gasteiger partial charge on any atom is 0.161 e. The van der Waals surface area contributed by atoms with Gasteiger partial charge in [0.2, 0.25) is 0 Å². The second-order valence-electron chi connectivity index (χ2n) is 7.28. The normalized spacial score (nSPS) is 13.0. The zero-order valence-electron chi connectivity index (χ0n) is 17.3. The topological polar surface area (TPSA) is 59.5 Å². The number of benzene rings is 2. The molecular formula is C23H26N4O2. The van der Waals surface area contributed by atoms with Gasteiger partial charge >= 0.3 is 0 Å². The molecule has 0 fully saturated rings. The lowest BCUT2D eigenvalue weighted by atomic mass is 9.99. The Hall–Kier alpha value is -3.28. The Labute approximate surface area is 171 Å². The molecule has 6 heteroatoms. The van der Waals surface area contributed by atoms with Crippen LogP contribution in [0.15, 0.2) is 42.7 Å². The van der Waals surface area contributed by atoms with E-state index in [4.69, 9.17) is 9.47 Å². The van der Waals surface area contributed by atoms with Crippen LogP contribution < -0.4 is 19.7 Å². The van der Waals surface area contributed by atoms with Gasteiger partial charge in [0.05, 0.1) is 14.2 Å². The van der Waals surface area contributed by atoms with Crippen LogP contribution in [0.2, 0.25) is 0 Å². The van der Waals surface area contributed by atoms with E-state index in [2.05, 4.69) is 64.4 Å². The summed E-state index contributed by atoms with van der Waals surface area (Å²) in [6.45, 7) is 5.89. The molecule has 3 aromatic rings. The van der Waals surface area contributed by atoms with Gasteiger partial charge in [-0.1, -0.05) is 12.1 Å². The van der Waals surface area contributed by atoms with E-state index >= 15 is 0 Å². The summed E-state index contributed by atoms with van der Waals surface area (Å²) in [5, 5.41) is 3.43. The fraction of sp³-hybridized carbons (Fsp3) is 0.304. The third kappa shape index (κ3) is 3.83. The van der Waals surface area contributed by atoms with Crippen molar-refractivity contribution < 1.29 is 9.47 Å².